The lowest BCUT2D eigenvalue weighted by atomic mass is 10.1. The van der Waals surface area contributed by atoms with Gasteiger partial charge in [-0.1, -0.05) is 17.7 Å². The largest absolute Gasteiger partial charge is 0.281 e. The van der Waals surface area contributed by atoms with E-state index in [1.807, 2.05) is 0 Å². The minimum atomic E-state index is -0.567. The van der Waals surface area contributed by atoms with E-state index in [9.17, 15) is 14.0 Å². The van der Waals surface area contributed by atoms with E-state index in [2.05, 4.69) is 10.4 Å². The van der Waals surface area contributed by atoms with E-state index in [0.29, 0.717) is 16.0 Å². The first-order chi connectivity index (χ1) is 11.0. The Balaban J connectivity index is 1.90. The topological polar surface area (TPSA) is 64.0 Å². The second-order valence-corrected chi connectivity index (χ2v) is 6.15. The highest BCUT2D eigenvalue weighted by atomic mass is 35.5. The summed E-state index contributed by atoms with van der Waals surface area (Å²) in [4.78, 5) is 29.4. The molecule has 0 atom stereocenters. The maximum Gasteiger partial charge on any atom is 0.281 e. The smallest absolute Gasteiger partial charge is 0.273 e. The highest BCUT2D eigenvalue weighted by molar-refractivity contribution is 7.16. The molecule has 1 N–H and O–H groups in total. The van der Waals surface area contributed by atoms with Crippen LogP contribution in [0.25, 0.3) is 10.2 Å². The zero-order valence-electron chi connectivity index (χ0n) is 12.0. The third-order valence-corrected chi connectivity index (χ3v) is 4.46. The summed E-state index contributed by atoms with van der Waals surface area (Å²) in [5.74, 6) is -0.778. The summed E-state index contributed by atoms with van der Waals surface area (Å²) in [5.41, 5.74) is 2.16. The van der Waals surface area contributed by atoms with E-state index in [1.54, 1.807) is 18.4 Å². The third-order valence-electron chi connectivity index (χ3n) is 3.30. The molecule has 0 fully saturated rings. The summed E-state index contributed by atoms with van der Waals surface area (Å²) < 4.78 is 14.8. The molecule has 5 nitrogen and oxygen atoms in total. The fraction of sp³-hybridized carbons (Fsp3) is 0.133. The molecule has 0 radical (unpaired) electrons. The van der Waals surface area contributed by atoms with Crippen molar-refractivity contribution in [2.75, 3.05) is 5.43 Å². The molecule has 1 aromatic carbocycles. The molecule has 1 amide bonds. The highest BCUT2D eigenvalue weighted by Gasteiger charge is 2.15. The van der Waals surface area contributed by atoms with Crippen LogP contribution in [-0.2, 0) is 11.2 Å². The summed E-state index contributed by atoms with van der Waals surface area (Å²) in [6, 6.07) is 5.84. The van der Waals surface area contributed by atoms with E-state index in [1.165, 1.54) is 29.5 Å². The van der Waals surface area contributed by atoms with Gasteiger partial charge in [0.15, 0.2) is 0 Å². The maximum absolute atomic E-state index is 13.7. The molecular weight excluding hydrogens is 341 g/mol. The van der Waals surface area contributed by atoms with Gasteiger partial charge in [0.1, 0.15) is 16.5 Å². The third kappa shape index (κ3) is 2.97. The minimum Gasteiger partial charge on any atom is -0.273 e. The van der Waals surface area contributed by atoms with Gasteiger partial charge in [0.2, 0.25) is 5.91 Å². The van der Waals surface area contributed by atoms with Crippen LogP contribution in [0.4, 0.5) is 4.39 Å². The first-order valence-corrected chi connectivity index (χ1v) is 7.92. The molecule has 0 bridgehead atoms. The van der Waals surface area contributed by atoms with Crippen molar-refractivity contribution in [2.24, 2.45) is 0 Å². The van der Waals surface area contributed by atoms with Crippen molar-refractivity contribution in [1.82, 2.24) is 9.66 Å². The van der Waals surface area contributed by atoms with E-state index >= 15 is 0 Å². The number of aromatic nitrogens is 2. The molecule has 0 spiro atoms. The standard InChI is InChI=1S/C15H11ClFN3O2S/c1-8-18-14-9(5-6-23-14)15(22)20(8)19-13(21)7-10-11(16)3-2-4-12(10)17/h2-6H,7H2,1H3,(H,19,21). The number of thiophene rings is 1. The zero-order valence-corrected chi connectivity index (χ0v) is 13.5. The molecule has 0 aliphatic rings. The van der Waals surface area contributed by atoms with Gasteiger partial charge in [-0.25, -0.2) is 14.1 Å². The SMILES string of the molecule is Cc1nc2sccc2c(=O)n1NC(=O)Cc1c(F)cccc1Cl. The number of hydrogen-bond acceptors (Lipinski definition) is 4. The number of aryl methyl sites for hydroxylation is 1. The number of fused-ring (bicyclic) bond motifs is 1. The first kappa shape index (κ1) is 15.6. The molecule has 118 valence electrons. The van der Waals surface area contributed by atoms with Crippen molar-refractivity contribution in [3.05, 3.63) is 62.2 Å². The predicted octanol–water partition coefficient (Wildman–Crippen LogP) is 2.87. The molecule has 0 aliphatic carbocycles. The van der Waals surface area contributed by atoms with E-state index < -0.39 is 11.7 Å². The Labute approximate surface area is 139 Å². The monoisotopic (exact) mass is 351 g/mol. The lowest BCUT2D eigenvalue weighted by Gasteiger charge is -2.11. The molecule has 8 heteroatoms. The molecule has 2 heterocycles. The van der Waals surface area contributed by atoms with E-state index in [4.69, 9.17) is 11.6 Å². The first-order valence-electron chi connectivity index (χ1n) is 6.67. The Bertz CT molecular complexity index is 947. The van der Waals surface area contributed by atoms with Crippen LogP contribution in [0, 0.1) is 12.7 Å². The van der Waals surface area contributed by atoms with Gasteiger partial charge in [0.25, 0.3) is 5.56 Å². The van der Waals surface area contributed by atoms with Crippen LogP contribution < -0.4 is 11.0 Å². The molecule has 0 unspecified atom stereocenters. The van der Waals surface area contributed by atoms with Gasteiger partial charge < -0.3 is 0 Å². The fourth-order valence-electron chi connectivity index (χ4n) is 2.17. The molecule has 0 saturated heterocycles. The lowest BCUT2D eigenvalue weighted by Crippen LogP contribution is -2.36. The van der Waals surface area contributed by atoms with Crippen molar-refractivity contribution >= 4 is 39.1 Å². The number of carbonyl (C=O) groups is 1. The Morgan fingerprint density at radius 3 is 2.96 bits per heavy atom. The second-order valence-electron chi connectivity index (χ2n) is 4.85. The van der Waals surface area contributed by atoms with Gasteiger partial charge in [0.05, 0.1) is 11.8 Å². The van der Waals surface area contributed by atoms with Crippen LogP contribution in [-0.4, -0.2) is 15.6 Å². The summed E-state index contributed by atoms with van der Waals surface area (Å²) in [5, 5.41) is 2.34. The Hall–Kier alpha value is -2.25. The number of benzene rings is 1. The van der Waals surface area contributed by atoms with Crippen LogP contribution in [0.3, 0.4) is 0 Å². The minimum absolute atomic E-state index is 0.0851. The number of nitrogens with one attached hydrogen (secondary N) is 1. The number of halogens is 2. The van der Waals surface area contributed by atoms with Crippen LogP contribution in [0.2, 0.25) is 5.02 Å². The highest BCUT2D eigenvalue weighted by Crippen LogP contribution is 2.19. The van der Waals surface area contributed by atoms with Crippen molar-refractivity contribution in [3.8, 4) is 0 Å². The molecule has 23 heavy (non-hydrogen) atoms. The van der Waals surface area contributed by atoms with Crippen molar-refractivity contribution < 1.29 is 9.18 Å². The van der Waals surface area contributed by atoms with E-state index in [0.717, 1.165) is 4.68 Å². The van der Waals surface area contributed by atoms with Gasteiger partial charge in [-0.15, -0.1) is 11.3 Å². The molecule has 2 aromatic heterocycles. The van der Waals surface area contributed by atoms with Gasteiger partial charge >= 0.3 is 0 Å². The van der Waals surface area contributed by atoms with Crippen LogP contribution in [0.1, 0.15) is 11.4 Å². The number of rotatable bonds is 3. The number of hydrogen-bond donors (Lipinski definition) is 1. The summed E-state index contributed by atoms with van der Waals surface area (Å²) in [6.45, 7) is 1.61. The van der Waals surface area contributed by atoms with Crippen molar-refractivity contribution in [1.29, 1.82) is 0 Å². The van der Waals surface area contributed by atoms with Crippen LogP contribution in [0.15, 0.2) is 34.4 Å². The van der Waals surface area contributed by atoms with Gasteiger partial charge in [-0.05, 0) is 30.5 Å². The average molecular weight is 352 g/mol. The Morgan fingerprint density at radius 1 is 1.43 bits per heavy atom. The summed E-state index contributed by atoms with van der Waals surface area (Å²) in [6.07, 6.45) is -0.279. The number of nitrogens with zero attached hydrogens (tertiary/aromatic N) is 2. The van der Waals surface area contributed by atoms with E-state index in [-0.39, 0.29) is 22.6 Å². The zero-order chi connectivity index (χ0) is 16.6. The Morgan fingerprint density at radius 2 is 2.22 bits per heavy atom. The Kier molecular flexibility index (Phi) is 4.14. The fourth-order valence-corrected chi connectivity index (χ4v) is 3.20. The molecule has 0 saturated carbocycles. The quantitative estimate of drug-likeness (QED) is 0.789. The van der Waals surface area contributed by atoms with Gasteiger partial charge in [0, 0.05) is 10.6 Å². The number of amides is 1. The predicted molar refractivity (Wildman–Crippen MR) is 88.1 cm³/mol. The normalized spacial score (nSPS) is 10.9. The molecule has 3 aromatic rings. The van der Waals surface area contributed by atoms with Crippen molar-refractivity contribution in [2.45, 2.75) is 13.3 Å². The van der Waals surface area contributed by atoms with Gasteiger partial charge in [-0.2, -0.15) is 0 Å². The molecular formula is C15H11ClFN3O2S. The van der Waals surface area contributed by atoms with Crippen LogP contribution >= 0.6 is 22.9 Å². The van der Waals surface area contributed by atoms with Crippen LogP contribution in [0.5, 0.6) is 0 Å². The second kappa shape index (κ2) is 6.10. The average Bonchev–Trinajstić information content (AvgIpc) is 2.96. The number of carbonyl (C=O) groups excluding carboxylic acids is 1. The molecule has 3 rings (SSSR count). The lowest BCUT2D eigenvalue weighted by molar-refractivity contribution is -0.116. The molecule has 0 aliphatic heterocycles. The van der Waals surface area contributed by atoms with Gasteiger partial charge in [-0.3, -0.25) is 15.0 Å². The maximum atomic E-state index is 13.7. The van der Waals surface area contributed by atoms with Crippen molar-refractivity contribution in [3.63, 3.8) is 0 Å². The summed E-state index contributed by atoms with van der Waals surface area (Å²) in [7, 11) is 0. The summed E-state index contributed by atoms with van der Waals surface area (Å²) >= 11 is 7.25.